The van der Waals surface area contributed by atoms with Crippen molar-refractivity contribution in [3.05, 3.63) is 66.9 Å². The molecule has 1 atom stereocenters. The van der Waals surface area contributed by atoms with Gasteiger partial charge in [0.1, 0.15) is 23.9 Å². The van der Waals surface area contributed by atoms with Gasteiger partial charge in [0.25, 0.3) is 0 Å². The number of pyridine rings is 1. The molecular weight excluding hydrogens is 458 g/mol. The fourth-order valence-corrected chi connectivity index (χ4v) is 4.52. The molecule has 186 valence electrons. The van der Waals surface area contributed by atoms with Crippen LogP contribution in [-0.2, 0) is 4.79 Å². The molecule has 0 saturated heterocycles. The van der Waals surface area contributed by atoms with E-state index in [-0.39, 0.29) is 18.7 Å². The van der Waals surface area contributed by atoms with Gasteiger partial charge in [-0.25, -0.2) is 9.78 Å². The van der Waals surface area contributed by atoms with Gasteiger partial charge in [-0.05, 0) is 55.2 Å². The van der Waals surface area contributed by atoms with Crippen LogP contribution in [0.5, 0.6) is 11.6 Å². The van der Waals surface area contributed by atoms with Crippen molar-refractivity contribution >= 4 is 23.4 Å². The van der Waals surface area contributed by atoms with Crippen molar-refractivity contribution in [2.45, 2.75) is 38.7 Å². The molecular formula is C28H29N3O5. The first-order valence-corrected chi connectivity index (χ1v) is 12.2. The molecule has 3 aromatic rings. The van der Waals surface area contributed by atoms with Gasteiger partial charge in [0.2, 0.25) is 5.88 Å². The lowest BCUT2D eigenvalue weighted by atomic mass is 9.69. The van der Waals surface area contributed by atoms with Crippen molar-refractivity contribution in [3.63, 3.8) is 0 Å². The van der Waals surface area contributed by atoms with Crippen LogP contribution in [0.4, 0.5) is 16.2 Å². The largest absolute Gasteiger partial charge is 0.486 e. The number of hydrogen-bond donors (Lipinski definition) is 2. The summed E-state index contributed by atoms with van der Waals surface area (Å²) in [6, 6.07) is 18.6. The molecule has 0 spiro atoms. The van der Waals surface area contributed by atoms with Crippen LogP contribution in [0.15, 0.2) is 66.9 Å². The van der Waals surface area contributed by atoms with Crippen LogP contribution >= 0.6 is 0 Å². The number of para-hydroxylation sites is 1. The Morgan fingerprint density at radius 1 is 1.14 bits per heavy atom. The summed E-state index contributed by atoms with van der Waals surface area (Å²) in [6.45, 7) is 2.63. The van der Waals surface area contributed by atoms with Gasteiger partial charge < -0.3 is 19.9 Å². The Kier molecular flexibility index (Phi) is 6.50. The molecule has 0 radical (unpaired) electrons. The minimum atomic E-state index is -0.809. The van der Waals surface area contributed by atoms with Gasteiger partial charge in [0.05, 0.1) is 12.2 Å². The van der Waals surface area contributed by atoms with Crippen LogP contribution < -0.4 is 19.7 Å². The summed E-state index contributed by atoms with van der Waals surface area (Å²) >= 11 is 0. The topological polar surface area (TPSA) is 101 Å². The number of nitrogens with one attached hydrogen (secondary N) is 1. The summed E-state index contributed by atoms with van der Waals surface area (Å²) in [4.78, 5) is 30.7. The number of aromatic nitrogens is 1. The van der Waals surface area contributed by atoms with Crippen LogP contribution in [0.25, 0.3) is 11.1 Å². The van der Waals surface area contributed by atoms with Crippen LogP contribution in [0, 0.1) is 5.41 Å². The first kappa shape index (κ1) is 23.7. The highest BCUT2D eigenvalue weighted by molar-refractivity contribution is 6.03. The van der Waals surface area contributed by atoms with E-state index in [0.29, 0.717) is 36.7 Å². The van der Waals surface area contributed by atoms with Crippen LogP contribution in [0.3, 0.4) is 0 Å². The van der Waals surface area contributed by atoms with Gasteiger partial charge in [-0.1, -0.05) is 37.6 Å². The Morgan fingerprint density at radius 2 is 1.92 bits per heavy atom. The third-order valence-corrected chi connectivity index (χ3v) is 6.99. The van der Waals surface area contributed by atoms with Crippen molar-refractivity contribution in [2.24, 2.45) is 5.41 Å². The van der Waals surface area contributed by atoms with Crippen molar-refractivity contribution in [2.75, 3.05) is 23.4 Å². The van der Waals surface area contributed by atoms with Crippen molar-refractivity contribution in [1.82, 2.24) is 4.98 Å². The second-order valence-electron chi connectivity index (χ2n) is 9.35. The number of aliphatic carboxylic acids is 1. The molecule has 1 fully saturated rings. The zero-order valence-corrected chi connectivity index (χ0v) is 20.1. The van der Waals surface area contributed by atoms with Gasteiger partial charge in [-0.2, -0.15) is 0 Å². The molecule has 5 rings (SSSR count). The lowest BCUT2D eigenvalue weighted by Crippen LogP contribution is -2.45. The summed E-state index contributed by atoms with van der Waals surface area (Å²) < 4.78 is 11.9. The van der Waals surface area contributed by atoms with E-state index < -0.39 is 11.4 Å². The molecule has 2 aliphatic rings. The average Bonchev–Trinajstić information content (AvgIpc) is 2.87. The van der Waals surface area contributed by atoms with Crippen LogP contribution in [0.1, 0.15) is 32.6 Å². The highest BCUT2D eigenvalue weighted by Crippen LogP contribution is 2.42. The summed E-state index contributed by atoms with van der Waals surface area (Å²) in [7, 11) is 0. The minimum absolute atomic E-state index is 0.115. The quantitative estimate of drug-likeness (QED) is 0.450. The molecule has 1 aliphatic carbocycles. The first-order chi connectivity index (χ1) is 17.5. The molecule has 8 nitrogen and oxygen atoms in total. The molecule has 1 aromatic heterocycles. The number of fused-ring (bicyclic) bond motifs is 1. The lowest BCUT2D eigenvalue weighted by molar-refractivity contribution is -0.157. The van der Waals surface area contributed by atoms with Gasteiger partial charge in [0, 0.05) is 23.5 Å². The summed E-state index contributed by atoms with van der Waals surface area (Å²) in [5.74, 6) is 0.231. The highest BCUT2D eigenvalue weighted by atomic mass is 16.5. The number of amides is 2. The number of urea groups is 1. The predicted molar refractivity (Wildman–Crippen MR) is 137 cm³/mol. The normalized spacial score (nSPS) is 17.8. The number of nitrogens with zero attached hydrogens (tertiary/aromatic N) is 2. The SMILES string of the molecule is CCC1CN(C(=O)Nc2ccccc2)c2ccc(-c3ccc(OCC4(C(=O)O)CCC4)nc3)cc2O1. The number of carboxylic acid groups (broad SMARTS) is 1. The number of rotatable bonds is 7. The van der Waals surface area contributed by atoms with Crippen molar-refractivity contribution in [3.8, 4) is 22.8 Å². The molecule has 8 heteroatoms. The Bertz CT molecular complexity index is 1240. The van der Waals surface area contributed by atoms with Crippen molar-refractivity contribution in [1.29, 1.82) is 0 Å². The maximum atomic E-state index is 13.1. The van der Waals surface area contributed by atoms with E-state index in [9.17, 15) is 14.7 Å². The third-order valence-electron chi connectivity index (χ3n) is 6.99. The fraction of sp³-hybridized carbons (Fsp3) is 0.321. The van der Waals surface area contributed by atoms with Gasteiger partial charge in [-0.15, -0.1) is 0 Å². The van der Waals surface area contributed by atoms with Crippen LogP contribution in [0.2, 0.25) is 0 Å². The Morgan fingerprint density at radius 3 is 2.56 bits per heavy atom. The molecule has 2 N–H and O–H groups in total. The molecule has 1 unspecified atom stereocenters. The molecule has 2 amide bonds. The summed E-state index contributed by atoms with van der Waals surface area (Å²) in [5.41, 5.74) is 2.42. The third kappa shape index (κ3) is 4.71. The minimum Gasteiger partial charge on any atom is -0.486 e. The van der Waals surface area contributed by atoms with Gasteiger partial charge in [-0.3, -0.25) is 9.69 Å². The Labute approximate surface area is 209 Å². The number of carboxylic acids is 1. The van der Waals surface area contributed by atoms with E-state index in [1.807, 2.05) is 61.5 Å². The number of carbonyl (C=O) groups excluding carboxylic acids is 1. The average molecular weight is 488 g/mol. The first-order valence-electron chi connectivity index (χ1n) is 12.2. The van der Waals surface area contributed by atoms with Crippen LogP contribution in [-0.4, -0.2) is 41.3 Å². The Balaban J connectivity index is 1.32. The second-order valence-corrected chi connectivity index (χ2v) is 9.35. The standard InChI is InChI=1S/C28H29N3O5/c1-2-22-17-31(27(34)30-21-7-4-3-5-8-21)23-11-9-19(15-24(23)36-22)20-10-12-25(29-16-20)35-18-28(26(32)33)13-6-14-28/h3-5,7-12,15-16,22H,2,6,13-14,17-18H2,1H3,(H,30,34)(H,32,33). The fourth-order valence-electron chi connectivity index (χ4n) is 4.52. The summed E-state index contributed by atoms with van der Waals surface area (Å²) in [5, 5.41) is 12.4. The predicted octanol–water partition coefficient (Wildman–Crippen LogP) is 5.59. The molecule has 1 aliphatic heterocycles. The lowest BCUT2D eigenvalue weighted by Gasteiger charge is -2.36. The van der Waals surface area contributed by atoms with Crippen molar-refractivity contribution < 1.29 is 24.2 Å². The van der Waals surface area contributed by atoms with E-state index in [4.69, 9.17) is 9.47 Å². The smallest absolute Gasteiger partial charge is 0.326 e. The van der Waals surface area contributed by atoms with E-state index >= 15 is 0 Å². The number of hydrogen-bond acceptors (Lipinski definition) is 5. The zero-order valence-electron chi connectivity index (χ0n) is 20.1. The molecule has 0 bridgehead atoms. The molecule has 1 saturated carbocycles. The van der Waals surface area contributed by atoms with E-state index in [1.165, 1.54) is 0 Å². The summed E-state index contributed by atoms with van der Waals surface area (Å²) in [6.07, 6.45) is 4.53. The zero-order chi connectivity index (χ0) is 25.1. The maximum absolute atomic E-state index is 13.1. The number of carbonyl (C=O) groups is 2. The Hall–Kier alpha value is -4.07. The number of benzene rings is 2. The van der Waals surface area contributed by atoms with Gasteiger partial charge >= 0.3 is 12.0 Å². The highest BCUT2D eigenvalue weighted by Gasteiger charge is 2.45. The maximum Gasteiger partial charge on any atom is 0.326 e. The molecule has 2 aromatic carbocycles. The van der Waals surface area contributed by atoms with E-state index in [2.05, 4.69) is 10.3 Å². The molecule has 2 heterocycles. The number of anilines is 2. The molecule has 36 heavy (non-hydrogen) atoms. The van der Waals surface area contributed by atoms with E-state index in [1.54, 1.807) is 17.2 Å². The number of ether oxygens (including phenoxy) is 2. The van der Waals surface area contributed by atoms with E-state index in [0.717, 1.165) is 29.7 Å². The van der Waals surface area contributed by atoms with Gasteiger partial charge in [0.15, 0.2) is 0 Å². The second kappa shape index (κ2) is 9.89. The monoisotopic (exact) mass is 487 g/mol.